The number of nitrogens with zero attached hydrogens (tertiary/aromatic N) is 1. The number of carbonyl (C=O) groups excluding carboxylic acids is 5. The van der Waals surface area contributed by atoms with Crippen LogP contribution in [0.2, 0.25) is 0 Å². The molecule has 39 heavy (non-hydrogen) atoms. The minimum atomic E-state index is -1.36. The van der Waals surface area contributed by atoms with E-state index in [1.165, 1.54) is 13.8 Å². The predicted octanol–water partition coefficient (Wildman–Crippen LogP) is 2.63. The summed E-state index contributed by atoms with van der Waals surface area (Å²) in [5.74, 6) is -1.38. The average molecular weight is 544 g/mol. The van der Waals surface area contributed by atoms with Crippen LogP contribution in [0.4, 0.5) is 16.2 Å². The van der Waals surface area contributed by atoms with E-state index in [4.69, 9.17) is 4.74 Å². The van der Waals surface area contributed by atoms with Crippen LogP contribution in [0.3, 0.4) is 0 Å². The lowest BCUT2D eigenvalue weighted by atomic mass is 9.96. The van der Waals surface area contributed by atoms with Gasteiger partial charge in [-0.1, -0.05) is 26.0 Å². The van der Waals surface area contributed by atoms with E-state index in [9.17, 15) is 24.0 Å². The second-order valence-corrected chi connectivity index (χ2v) is 12.1. The summed E-state index contributed by atoms with van der Waals surface area (Å²) in [6.45, 7) is 12.6. The number of benzene rings is 1. The minimum absolute atomic E-state index is 0.0180. The normalized spacial score (nSPS) is 18.3. The highest BCUT2D eigenvalue weighted by molar-refractivity contribution is 6.07. The topological polar surface area (TPSA) is 146 Å². The fraction of sp³-hybridized carbons (Fsp3) is 0.607. The molecule has 4 N–H and O–H groups in total. The van der Waals surface area contributed by atoms with Gasteiger partial charge < -0.3 is 30.9 Å². The number of hydrogen-bond acceptors (Lipinski definition) is 6. The highest BCUT2D eigenvalue weighted by Crippen LogP contribution is 2.35. The van der Waals surface area contributed by atoms with Crippen molar-refractivity contribution >= 4 is 41.1 Å². The standard InChI is InChI=1S/C28H41N5O6/c1-16(2)14-18(30-25(37)28(6,7)32-26(38)39-27(3,4)5)23(35)29-19-15-17-10-8-11-20(22(17)31-24(19)36)33-13-9-12-21(33)34/h8,10-11,16,18-19H,9,12-15H2,1-7H3,(H,29,35)(H,30,37)(H,31,36)(H,32,38)/t18-,19?/m1/s1. The van der Waals surface area contributed by atoms with Gasteiger partial charge in [0.2, 0.25) is 23.6 Å². The summed E-state index contributed by atoms with van der Waals surface area (Å²) >= 11 is 0. The molecular formula is C28H41N5O6. The van der Waals surface area contributed by atoms with E-state index in [1.54, 1.807) is 25.7 Å². The molecule has 1 fully saturated rings. The molecule has 1 aromatic carbocycles. The summed E-state index contributed by atoms with van der Waals surface area (Å²) in [5, 5.41) is 10.9. The van der Waals surface area contributed by atoms with Crippen molar-refractivity contribution in [2.75, 3.05) is 16.8 Å². The lowest BCUT2D eigenvalue weighted by Crippen LogP contribution is -2.61. The molecule has 1 unspecified atom stereocenters. The second kappa shape index (κ2) is 11.6. The van der Waals surface area contributed by atoms with Crippen molar-refractivity contribution in [2.45, 2.75) is 97.4 Å². The monoisotopic (exact) mass is 543 g/mol. The third-order valence-electron chi connectivity index (χ3n) is 6.51. The maximum Gasteiger partial charge on any atom is 0.408 e. The molecule has 11 heteroatoms. The lowest BCUT2D eigenvalue weighted by Gasteiger charge is -2.32. The van der Waals surface area contributed by atoms with E-state index in [2.05, 4.69) is 21.3 Å². The Morgan fingerprint density at radius 3 is 2.41 bits per heavy atom. The van der Waals surface area contributed by atoms with E-state index in [1.807, 2.05) is 32.0 Å². The summed E-state index contributed by atoms with van der Waals surface area (Å²) < 4.78 is 5.25. The van der Waals surface area contributed by atoms with Gasteiger partial charge in [0.15, 0.2) is 0 Å². The van der Waals surface area contributed by atoms with Gasteiger partial charge in [0.05, 0.1) is 11.4 Å². The smallest absolute Gasteiger partial charge is 0.408 e. The molecule has 2 aliphatic heterocycles. The molecule has 1 aromatic rings. The van der Waals surface area contributed by atoms with E-state index in [0.717, 1.165) is 12.0 Å². The number of para-hydroxylation sites is 1. The Morgan fingerprint density at radius 1 is 1.13 bits per heavy atom. The van der Waals surface area contributed by atoms with Crippen LogP contribution in [-0.2, 0) is 30.3 Å². The number of nitrogens with one attached hydrogen (secondary N) is 4. The van der Waals surface area contributed by atoms with Gasteiger partial charge in [-0.3, -0.25) is 19.2 Å². The molecular weight excluding hydrogens is 502 g/mol. The van der Waals surface area contributed by atoms with Crippen LogP contribution in [0.15, 0.2) is 18.2 Å². The van der Waals surface area contributed by atoms with Crippen molar-refractivity contribution < 1.29 is 28.7 Å². The summed E-state index contributed by atoms with van der Waals surface area (Å²) in [7, 11) is 0. The fourth-order valence-electron chi connectivity index (χ4n) is 4.60. The molecule has 5 amide bonds. The second-order valence-electron chi connectivity index (χ2n) is 12.1. The van der Waals surface area contributed by atoms with E-state index < -0.39 is 47.0 Å². The Hall–Kier alpha value is -3.63. The van der Waals surface area contributed by atoms with Crippen molar-refractivity contribution in [3.05, 3.63) is 23.8 Å². The quantitative estimate of drug-likeness (QED) is 0.397. The summed E-state index contributed by atoms with van der Waals surface area (Å²) in [5.41, 5.74) is -0.0319. The van der Waals surface area contributed by atoms with Crippen molar-refractivity contribution in [2.24, 2.45) is 5.92 Å². The molecule has 0 radical (unpaired) electrons. The predicted molar refractivity (Wildman–Crippen MR) is 147 cm³/mol. The van der Waals surface area contributed by atoms with Crippen LogP contribution in [0.5, 0.6) is 0 Å². The number of amides is 5. The number of rotatable bonds is 8. The number of fused-ring (bicyclic) bond motifs is 1. The van der Waals surface area contributed by atoms with E-state index in [0.29, 0.717) is 30.8 Å². The van der Waals surface area contributed by atoms with Gasteiger partial charge >= 0.3 is 6.09 Å². The largest absolute Gasteiger partial charge is 0.444 e. The number of carbonyl (C=O) groups is 5. The van der Waals surface area contributed by atoms with Gasteiger partial charge in [-0.25, -0.2) is 4.79 Å². The Bertz CT molecular complexity index is 1140. The molecule has 214 valence electrons. The molecule has 0 saturated carbocycles. The van der Waals surface area contributed by atoms with Crippen LogP contribution >= 0.6 is 0 Å². The number of ether oxygens (including phenoxy) is 1. The van der Waals surface area contributed by atoms with Crippen molar-refractivity contribution in [1.82, 2.24) is 16.0 Å². The molecule has 2 aliphatic rings. The zero-order chi connectivity index (χ0) is 29.1. The van der Waals surface area contributed by atoms with Crippen LogP contribution in [-0.4, -0.2) is 59.5 Å². The molecule has 0 bridgehead atoms. The Kier molecular flexibility index (Phi) is 8.92. The highest BCUT2D eigenvalue weighted by atomic mass is 16.6. The SMILES string of the molecule is CC(C)C[C@@H](NC(=O)C(C)(C)NC(=O)OC(C)(C)C)C(=O)NC1Cc2cccc(N3CCCC3=O)c2NC1=O. The molecule has 0 aromatic heterocycles. The Balaban J connectivity index is 1.70. The van der Waals surface area contributed by atoms with Crippen LogP contribution in [0, 0.1) is 5.92 Å². The zero-order valence-electron chi connectivity index (χ0n) is 23.9. The van der Waals surface area contributed by atoms with Gasteiger partial charge in [-0.15, -0.1) is 0 Å². The lowest BCUT2D eigenvalue weighted by molar-refractivity contribution is -0.133. The maximum absolute atomic E-state index is 13.3. The first-order chi connectivity index (χ1) is 18.1. The van der Waals surface area contributed by atoms with Crippen molar-refractivity contribution in [1.29, 1.82) is 0 Å². The van der Waals surface area contributed by atoms with Crippen LogP contribution in [0.1, 0.15) is 73.3 Å². The molecule has 0 aliphatic carbocycles. The molecule has 3 rings (SSSR count). The summed E-state index contributed by atoms with van der Waals surface area (Å²) in [4.78, 5) is 65.7. The minimum Gasteiger partial charge on any atom is -0.444 e. The number of alkyl carbamates (subject to hydrolysis) is 1. The first kappa shape index (κ1) is 29.9. The molecule has 2 heterocycles. The molecule has 1 saturated heterocycles. The summed E-state index contributed by atoms with van der Waals surface area (Å²) in [6.07, 6.45) is 1.06. The van der Waals surface area contributed by atoms with Gasteiger partial charge in [-0.05, 0) is 65.0 Å². The first-order valence-corrected chi connectivity index (χ1v) is 13.4. The van der Waals surface area contributed by atoms with Crippen LogP contribution in [0.25, 0.3) is 0 Å². The van der Waals surface area contributed by atoms with Crippen molar-refractivity contribution in [3.8, 4) is 0 Å². The van der Waals surface area contributed by atoms with Crippen molar-refractivity contribution in [3.63, 3.8) is 0 Å². The van der Waals surface area contributed by atoms with E-state index in [-0.39, 0.29) is 18.2 Å². The Labute approximate surface area is 229 Å². The maximum atomic E-state index is 13.3. The first-order valence-electron chi connectivity index (χ1n) is 13.4. The molecule has 0 spiro atoms. The number of hydrogen-bond donors (Lipinski definition) is 4. The third-order valence-corrected chi connectivity index (χ3v) is 6.51. The highest BCUT2D eigenvalue weighted by Gasteiger charge is 2.37. The zero-order valence-corrected chi connectivity index (χ0v) is 23.9. The van der Waals surface area contributed by atoms with Crippen LogP contribution < -0.4 is 26.2 Å². The fourth-order valence-corrected chi connectivity index (χ4v) is 4.60. The third kappa shape index (κ3) is 7.70. The van der Waals surface area contributed by atoms with Gasteiger partial charge in [-0.2, -0.15) is 0 Å². The molecule has 2 atom stereocenters. The van der Waals surface area contributed by atoms with E-state index >= 15 is 0 Å². The van der Waals surface area contributed by atoms with Gasteiger partial charge in [0.25, 0.3) is 0 Å². The van der Waals surface area contributed by atoms with Gasteiger partial charge in [0.1, 0.15) is 23.2 Å². The average Bonchev–Trinajstić information content (AvgIpc) is 3.22. The van der Waals surface area contributed by atoms with Gasteiger partial charge in [0, 0.05) is 19.4 Å². The molecule has 11 nitrogen and oxygen atoms in total. The summed E-state index contributed by atoms with van der Waals surface area (Å²) in [6, 6.07) is 3.71. The Morgan fingerprint density at radius 2 is 1.82 bits per heavy atom. The number of anilines is 2.